The lowest BCUT2D eigenvalue weighted by Crippen LogP contribution is -2.29. The zero-order valence-corrected chi connectivity index (χ0v) is 13.5. The molecule has 0 bridgehead atoms. The number of piperidine rings is 1. The van der Waals surface area contributed by atoms with E-state index >= 15 is 0 Å². The van der Waals surface area contributed by atoms with Gasteiger partial charge in [-0.3, -0.25) is 4.79 Å². The van der Waals surface area contributed by atoms with Gasteiger partial charge in [-0.2, -0.15) is 0 Å². The molecule has 1 fully saturated rings. The molecule has 112 valence electrons. The summed E-state index contributed by atoms with van der Waals surface area (Å²) in [6.07, 6.45) is 2.28. The van der Waals surface area contributed by atoms with Crippen molar-refractivity contribution in [2.75, 3.05) is 13.1 Å². The monoisotopic (exact) mass is 316 g/mol. The molecule has 1 aliphatic heterocycles. The quantitative estimate of drug-likeness (QED) is 0.897. The van der Waals surface area contributed by atoms with Gasteiger partial charge in [0.2, 0.25) is 5.91 Å². The van der Waals surface area contributed by atoms with Crippen LogP contribution in [0.1, 0.15) is 49.8 Å². The van der Waals surface area contributed by atoms with Crippen LogP contribution in [0.5, 0.6) is 0 Å². The van der Waals surface area contributed by atoms with E-state index in [-0.39, 0.29) is 24.4 Å². The molecule has 3 nitrogen and oxygen atoms in total. The van der Waals surface area contributed by atoms with Gasteiger partial charge in [0.25, 0.3) is 0 Å². The maximum absolute atomic E-state index is 11.2. The second-order valence-corrected chi connectivity index (χ2v) is 5.66. The fourth-order valence-electron chi connectivity index (χ4n) is 2.81. The summed E-state index contributed by atoms with van der Waals surface area (Å²) in [5.74, 6) is 0.550. The molecule has 0 saturated carbocycles. The van der Waals surface area contributed by atoms with E-state index in [1.165, 1.54) is 5.56 Å². The first-order valence-corrected chi connectivity index (χ1v) is 7.23. The fourth-order valence-corrected chi connectivity index (χ4v) is 2.99. The van der Waals surface area contributed by atoms with Crippen LogP contribution in [0.2, 0.25) is 5.02 Å². The van der Waals surface area contributed by atoms with E-state index in [9.17, 15) is 4.79 Å². The van der Waals surface area contributed by atoms with Gasteiger partial charge in [0.15, 0.2) is 0 Å². The zero-order chi connectivity index (χ0) is 13.8. The summed E-state index contributed by atoms with van der Waals surface area (Å²) in [6.45, 7) is 5.67. The molecule has 1 unspecified atom stereocenters. The Morgan fingerprint density at radius 1 is 1.40 bits per heavy atom. The summed E-state index contributed by atoms with van der Waals surface area (Å²) in [5, 5.41) is 7.06. The third kappa shape index (κ3) is 4.37. The van der Waals surface area contributed by atoms with Crippen molar-refractivity contribution >= 4 is 29.9 Å². The third-order valence-corrected chi connectivity index (χ3v) is 3.95. The summed E-state index contributed by atoms with van der Waals surface area (Å²) < 4.78 is 0. The van der Waals surface area contributed by atoms with E-state index in [0.717, 1.165) is 36.5 Å². The molecule has 1 aliphatic rings. The Hall–Kier alpha value is -0.770. The van der Waals surface area contributed by atoms with E-state index in [1.807, 2.05) is 19.1 Å². The number of halogens is 2. The minimum Gasteiger partial charge on any atom is -0.350 e. The van der Waals surface area contributed by atoms with Crippen molar-refractivity contribution in [2.24, 2.45) is 0 Å². The molecule has 1 saturated heterocycles. The lowest BCUT2D eigenvalue weighted by molar-refractivity contribution is -0.119. The van der Waals surface area contributed by atoms with Crippen molar-refractivity contribution < 1.29 is 4.79 Å². The Kier molecular flexibility index (Phi) is 6.80. The van der Waals surface area contributed by atoms with Crippen LogP contribution in [0.15, 0.2) is 18.2 Å². The highest BCUT2D eigenvalue weighted by atomic mass is 35.5. The SMILES string of the molecule is CC(=O)NC(C)c1cc(Cl)ccc1C1CCNCC1.Cl. The van der Waals surface area contributed by atoms with Crippen LogP contribution in [0, 0.1) is 0 Å². The van der Waals surface area contributed by atoms with Gasteiger partial charge in [0.05, 0.1) is 6.04 Å². The molecule has 1 aromatic rings. The van der Waals surface area contributed by atoms with Gasteiger partial charge in [0.1, 0.15) is 0 Å². The molecule has 5 heteroatoms. The molecule has 1 aromatic carbocycles. The maximum Gasteiger partial charge on any atom is 0.217 e. The van der Waals surface area contributed by atoms with Crippen LogP contribution in [0.25, 0.3) is 0 Å². The number of hydrogen-bond donors (Lipinski definition) is 2. The maximum atomic E-state index is 11.2. The van der Waals surface area contributed by atoms with E-state index in [4.69, 9.17) is 11.6 Å². The fraction of sp³-hybridized carbons (Fsp3) is 0.533. The molecule has 0 spiro atoms. The smallest absolute Gasteiger partial charge is 0.217 e. The number of carbonyl (C=O) groups excluding carboxylic acids is 1. The predicted octanol–water partition coefficient (Wildman–Crippen LogP) is 3.43. The van der Waals surface area contributed by atoms with Crippen molar-refractivity contribution in [3.63, 3.8) is 0 Å². The Labute approximate surface area is 131 Å². The molecule has 2 rings (SSSR count). The van der Waals surface area contributed by atoms with E-state index in [0.29, 0.717) is 5.92 Å². The predicted molar refractivity (Wildman–Crippen MR) is 85.8 cm³/mol. The summed E-state index contributed by atoms with van der Waals surface area (Å²) in [5.41, 5.74) is 2.47. The summed E-state index contributed by atoms with van der Waals surface area (Å²) >= 11 is 6.11. The van der Waals surface area contributed by atoms with Gasteiger partial charge in [-0.05, 0) is 62.0 Å². The molecule has 0 aromatic heterocycles. The molecule has 0 aliphatic carbocycles. The first-order valence-electron chi connectivity index (χ1n) is 6.85. The summed E-state index contributed by atoms with van der Waals surface area (Å²) in [7, 11) is 0. The Bertz CT molecular complexity index is 459. The third-order valence-electron chi connectivity index (χ3n) is 3.71. The summed E-state index contributed by atoms with van der Waals surface area (Å²) in [4.78, 5) is 11.2. The molecule has 2 N–H and O–H groups in total. The Morgan fingerprint density at radius 3 is 2.65 bits per heavy atom. The van der Waals surface area contributed by atoms with Crippen LogP contribution in [0.4, 0.5) is 0 Å². The van der Waals surface area contributed by atoms with Gasteiger partial charge in [-0.15, -0.1) is 12.4 Å². The number of carbonyl (C=O) groups is 1. The first-order chi connectivity index (χ1) is 9.08. The molecule has 1 atom stereocenters. The molecule has 1 amide bonds. The van der Waals surface area contributed by atoms with E-state index in [1.54, 1.807) is 6.92 Å². The topological polar surface area (TPSA) is 41.1 Å². The average molecular weight is 317 g/mol. The van der Waals surface area contributed by atoms with Crippen LogP contribution in [-0.4, -0.2) is 19.0 Å². The van der Waals surface area contributed by atoms with Crippen molar-refractivity contribution in [3.05, 3.63) is 34.3 Å². The van der Waals surface area contributed by atoms with Gasteiger partial charge < -0.3 is 10.6 Å². The summed E-state index contributed by atoms with van der Waals surface area (Å²) in [6, 6.07) is 6.05. The molecule has 0 radical (unpaired) electrons. The second kappa shape index (κ2) is 7.87. The minimum absolute atomic E-state index is 0. The zero-order valence-electron chi connectivity index (χ0n) is 11.9. The Morgan fingerprint density at radius 2 is 2.05 bits per heavy atom. The first kappa shape index (κ1) is 17.3. The largest absolute Gasteiger partial charge is 0.350 e. The van der Waals surface area contributed by atoms with Gasteiger partial charge in [-0.1, -0.05) is 17.7 Å². The van der Waals surface area contributed by atoms with E-state index < -0.39 is 0 Å². The van der Waals surface area contributed by atoms with E-state index in [2.05, 4.69) is 16.7 Å². The minimum atomic E-state index is -0.0104. The van der Waals surface area contributed by atoms with Gasteiger partial charge in [-0.25, -0.2) is 0 Å². The van der Waals surface area contributed by atoms with Crippen LogP contribution in [0.3, 0.4) is 0 Å². The molecule has 1 heterocycles. The van der Waals surface area contributed by atoms with Crippen LogP contribution in [-0.2, 0) is 4.79 Å². The highest BCUT2D eigenvalue weighted by Crippen LogP contribution is 2.32. The van der Waals surface area contributed by atoms with Crippen LogP contribution >= 0.6 is 24.0 Å². The highest BCUT2D eigenvalue weighted by Gasteiger charge is 2.21. The lowest BCUT2D eigenvalue weighted by atomic mass is 9.85. The highest BCUT2D eigenvalue weighted by molar-refractivity contribution is 6.30. The molecular weight excluding hydrogens is 295 g/mol. The number of rotatable bonds is 3. The second-order valence-electron chi connectivity index (χ2n) is 5.22. The van der Waals surface area contributed by atoms with Crippen LogP contribution < -0.4 is 10.6 Å². The number of benzene rings is 1. The van der Waals surface area contributed by atoms with Crippen molar-refractivity contribution in [3.8, 4) is 0 Å². The number of hydrogen-bond acceptors (Lipinski definition) is 2. The van der Waals surface area contributed by atoms with Gasteiger partial charge in [0, 0.05) is 11.9 Å². The normalized spacial score (nSPS) is 17.1. The lowest BCUT2D eigenvalue weighted by Gasteiger charge is -2.27. The molecular formula is C15H22Cl2N2O. The standard InChI is InChI=1S/C15H21ClN2O.ClH/c1-10(18-11(2)19)15-9-13(16)3-4-14(15)12-5-7-17-8-6-12;/h3-4,9-10,12,17H,5-8H2,1-2H3,(H,18,19);1H. The average Bonchev–Trinajstić information content (AvgIpc) is 2.39. The van der Waals surface area contributed by atoms with Crippen molar-refractivity contribution in [2.45, 2.75) is 38.6 Å². The Balaban J connectivity index is 0.00000200. The number of amides is 1. The molecule has 20 heavy (non-hydrogen) atoms. The number of nitrogens with one attached hydrogen (secondary N) is 2. The van der Waals surface area contributed by atoms with Crippen molar-refractivity contribution in [1.82, 2.24) is 10.6 Å². The van der Waals surface area contributed by atoms with Gasteiger partial charge >= 0.3 is 0 Å². The van der Waals surface area contributed by atoms with Crippen molar-refractivity contribution in [1.29, 1.82) is 0 Å².